The highest BCUT2D eigenvalue weighted by molar-refractivity contribution is 5.88. The summed E-state index contributed by atoms with van der Waals surface area (Å²) < 4.78 is 26.1. The monoisotopic (exact) mass is 285 g/mol. The smallest absolute Gasteiger partial charge is 0.131 e. The van der Waals surface area contributed by atoms with Crippen molar-refractivity contribution in [2.75, 3.05) is 14.2 Å². The molecule has 1 heterocycles. The van der Waals surface area contributed by atoms with Gasteiger partial charge in [0.1, 0.15) is 17.3 Å². The van der Waals surface area contributed by atoms with Gasteiger partial charge in [0.2, 0.25) is 0 Å². The highest BCUT2D eigenvalue weighted by atomic mass is 19.1. The Kier molecular flexibility index (Phi) is 3.52. The van der Waals surface area contributed by atoms with E-state index in [1.54, 1.807) is 26.4 Å². The highest BCUT2D eigenvalue weighted by Gasteiger charge is 2.10. The van der Waals surface area contributed by atoms with Gasteiger partial charge in [-0.3, -0.25) is 0 Å². The zero-order chi connectivity index (χ0) is 14.8. The Morgan fingerprint density at radius 3 is 2.62 bits per heavy atom. The van der Waals surface area contributed by atoms with Crippen molar-refractivity contribution in [2.45, 2.75) is 6.54 Å². The molecule has 21 heavy (non-hydrogen) atoms. The molecule has 0 spiro atoms. The minimum Gasteiger partial charge on any atom is -0.497 e. The standard InChI is InChI=1S/C17H16FNO2/c1-20-14-9-16-15(17(10-14)21-2)6-7-19(16)11-12-4-3-5-13(18)8-12/h3-10H,11H2,1-2H3. The van der Waals surface area contributed by atoms with Gasteiger partial charge in [-0.2, -0.15) is 0 Å². The Morgan fingerprint density at radius 2 is 1.90 bits per heavy atom. The van der Waals surface area contributed by atoms with Gasteiger partial charge >= 0.3 is 0 Å². The van der Waals surface area contributed by atoms with Crippen molar-refractivity contribution in [3.05, 3.63) is 60.0 Å². The lowest BCUT2D eigenvalue weighted by Gasteiger charge is -2.09. The van der Waals surface area contributed by atoms with Crippen LogP contribution < -0.4 is 9.47 Å². The van der Waals surface area contributed by atoms with Crippen molar-refractivity contribution in [1.82, 2.24) is 4.57 Å². The van der Waals surface area contributed by atoms with Crippen molar-refractivity contribution < 1.29 is 13.9 Å². The van der Waals surface area contributed by atoms with Crippen LogP contribution in [0.5, 0.6) is 11.5 Å². The molecule has 0 atom stereocenters. The van der Waals surface area contributed by atoms with E-state index >= 15 is 0 Å². The van der Waals surface area contributed by atoms with Gasteiger partial charge in [-0.05, 0) is 23.8 Å². The van der Waals surface area contributed by atoms with E-state index in [2.05, 4.69) is 4.57 Å². The summed E-state index contributed by atoms with van der Waals surface area (Å²) in [5.74, 6) is 1.28. The predicted molar refractivity (Wildman–Crippen MR) is 80.5 cm³/mol. The summed E-state index contributed by atoms with van der Waals surface area (Å²) in [5, 5.41) is 1.01. The maximum atomic E-state index is 13.3. The second-order valence-electron chi connectivity index (χ2n) is 4.84. The van der Waals surface area contributed by atoms with Crippen LogP contribution in [0.15, 0.2) is 48.7 Å². The van der Waals surface area contributed by atoms with Crippen LogP contribution >= 0.6 is 0 Å². The lowest BCUT2D eigenvalue weighted by atomic mass is 10.2. The minimum atomic E-state index is -0.223. The Balaban J connectivity index is 2.07. The molecule has 108 valence electrons. The summed E-state index contributed by atoms with van der Waals surface area (Å²) in [6, 6.07) is 12.4. The zero-order valence-electron chi connectivity index (χ0n) is 12.0. The lowest BCUT2D eigenvalue weighted by Crippen LogP contribution is -1.99. The molecule has 0 aliphatic rings. The maximum absolute atomic E-state index is 13.3. The molecular weight excluding hydrogens is 269 g/mol. The van der Waals surface area contributed by atoms with E-state index in [0.29, 0.717) is 6.54 Å². The molecule has 2 aromatic carbocycles. The van der Waals surface area contributed by atoms with E-state index in [1.807, 2.05) is 30.5 Å². The second-order valence-corrected chi connectivity index (χ2v) is 4.84. The van der Waals surface area contributed by atoms with Gasteiger partial charge in [0, 0.05) is 30.3 Å². The van der Waals surface area contributed by atoms with Crippen LogP contribution in [0, 0.1) is 5.82 Å². The first-order chi connectivity index (χ1) is 10.2. The van der Waals surface area contributed by atoms with Gasteiger partial charge in [-0.15, -0.1) is 0 Å². The van der Waals surface area contributed by atoms with E-state index in [9.17, 15) is 4.39 Å². The molecule has 1 aromatic heterocycles. The van der Waals surface area contributed by atoms with Gasteiger partial charge in [0.05, 0.1) is 19.7 Å². The van der Waals surface area contributed by atoms with E-state index in [1.165, 1.54) is 6.07 Å². The van der Waals surface area contributed by atoms with E-state index in [-0.39, 0.29) is 5.82 Å². The van der Waals surface area contributed by atoms with Crippen LogP contribution in [0.25, 0.3) is 10.9 Å². The summed E-state index contributed by atoms with van der Waals surface area (Å²) in [6.07, 6.45) is 1.97. The van der Waals surface area contributed by atoms with Crippen molar-refractivity contribution in [3.8, 4) is 11.5 Å². The molecule has 0 radical (unpaired) electrons. The number of benzene rings is 2. The molecule has 3 nitrogen and oxygen atoms in total. The molecule has 0 fully saturated rings. The summed E-state index contributed by atoms with van der Waals surface area (Å²) in [6.45, 7) is 0.595. The number of hydrogen-bond acceptors (Lipinski definition) is 2. The quantitative estimate of drug-likeness (QED) is 0.727. The Hall–Kier alpha value is -2.49. The number of rotatable bonds is 4. The van der Waals surface area contributed by atoms with Crippen LogP contribution in [-0.4, -0.2) is 18.8 Å². The van der Waals surface area contributed by atoms with E-state index < -0.39 is 0 Å². The third kappa shape index (κ3) is 2.57. The second kappa shape index (κ2) is 5.48. The molecule has 0 aliphatic heterocycles. The summed E-state index contributed by atoms with van der Waals surface area (Å²) in [7, 11) is 3.26. The zero-order valence-corrected chi connectivity index (χ0v) is 12.0. The number of fused-ring (bicyclic) bond motifs is 1. The van der Waals surface area contributed by atoms with Crippen LogP contribution in [0.2, 0.25) is 0 Å². The van der Waals surface area contributed by atoms with Crippen molar-refractivity contribution in [3.63, 3.8) is 0 Å². The first-order valence-corrected chi connectivity index (χ1v) is 6.66. The minimum absolute atomic E-state index is 0.223. The molecule has 0 unspecified atom stereocenters. The molecular formula is C17H16FNO2. The fourth-order valence-electron chi connectivity index (χ4n) is 2.49. The number of hydrogen-bond donors (Lipinski definition) is 0. The Morgan fingerprint density at radius 1 is 1.05 bits per heavy atom. The summed E-state index contributed by atoms with van der Waals surface area (Å²) in [5.41, 5.74) is 1.91. The number of nitrogens with zero attached hydrogens (tertiary/aromatic N) is 1. The SMILES string of the molecule is COc1cc(OC)c2ccn(Cc3cccc(F)c3)c2c1. The summed E-state index contributed by atoms with van der Waals surface area (Å²) >= 11 is 0. The fourth-order valence-corrected chi connectivity index (χ4v) is 2.49. The largest absolute Gasteiger partial charge is 0.497 e. The van der Waals surface area contributed by atoms with Gasteiger partial charge in [-0.1, -0.05) is 12.1 Å². The molecule has 0 saturated carbocycles. The number of halogens is 1. The molecule has 0 saturated heterocycles. The van der Waals surface area contributed by atoms with Crippen molar-refractivity contribution in [1.29, 1.82) is 0 Å². The molecule has 0 aliphatic carbocycles. The van der Waals surface area contributed by atoms with Gasteiger partial charge in [-0.25, -0.2) is 4.39 Å². The highest BCUT2D eigenvalue weighted by Crippen LogP contribution is 2.32. The Labute approximate surface area is 122 Å². The molecule has 0 bridgehead atoms. The normalized spacial score (nSPS) is 10.8. The third-order valence-corrected chi connectivity index (χ3v) is 3.52. The van der Waals surface area contributed by atoms with Crippen LogP contribution in [0.3, 0.4) is 0 Å². The number of aromatic nitrogens is 1. The van der Waals surface area contributed by atoms with Crippen LogP contribution in [-0.2, 0) is 6.54 Å². The molecule has 0 amide bonds. The number of ether oxygens (including phenoxy) is 2. The lowest BCUT2D eigenvalue weighted by molar-refractivity contribution is 0.398. The first-order valence-electron chi connectivity index (χ1n) is 6.66. The van der Waals surface area contributed by atoms with Crippen molar-refractivity contribution in [2.24, 2.45) is 0 Å². The van der Waals surface area contributed by atoms with Gasteiger partial charge in [0.25, 0.3) is 0 Å². The van der Waals surface area contributed by atoms with Crippen LogP contribution in [0.4, 0.5) is 4.39 Å². The maximum Gasteiger partial charge on any atom is 0.131 e. The third-order valence-electron chi connectivity index (χ3n) is 3.52. The van der Waals surface area contributed by atoms with E-state index in [4.69, 9.17) is 9.47 Å². The summed E-state index contributed by atoms with van der Waals surface area (Å²) in [4.78, 5) is 0. The first kappa shape index (κ1) is 13.5. The van der Waals surface area contributed by atoms with Crippen molar-refractivity contribution >= 4 is 10.9 Å². The van der Waals surface area contributed by atoms with Crippen LogP contribution in [0.1, 0.15) is 5.56 Å². The van der Waals surface area contributed by atoms with Gasteiger partial charge in [0.15, 0.2) is 0 Å². The van der Waals surface area contributed by atoms with E-state index in [0.717, 1.165) is 28.0 Å². The molecule has 3 aromatic rings. The predicted octanol–water partition coefficient (Wildman–Crippen LogP) is 3.85. The molecule has 4 heteroatoms. The average Bonchev–Trinajstić information content (AvgIpc) is 2.89. The molecule has 0 N–H and O–H groups in total. The Bertz CT molecular complexity index is 780. The fraction of sp³-hybridized carbons (Fsp3) is 0.176. The average molecular weight is 285 g/mol. The molecule has 3 rings (SSSR count). The topological polar surface area (TPSA) is 23.4 Å². The number of methoxy groups -OCH3 is 2. The van der Waals surface area contributed by atoms with Gasteiger partial charge < -0.3 is 14.0 Å².